The van der Waals surface area contributed by atoms with Crippen LogP contribution in [0.1, 0.15) is 24.8 Å². The lowest BCUT2D eigenvalue weighted by Gasteiger charge is -2.24. The predicted octanol–water partition coefficient (Wildman–Crippen LogP) is 4.56. The van der Waals surface area contributed by atoms with E-state index in [9.17, 15) is 4.79 Å². The summed E-state index contributed by atoms with van der Waals surface area (Å²) in [5.74, 6) is 1.06. The maximum absolute atomic E-state index is 12.1. The smallest absolute Gasteiger partial charge is 0.227 e. The van der Waals surface area contributed by atoms with Gasteiger partial charge < -0.3 is 10.6 Å². The monoisotopic (exact) mass is 364 g/mol. The Hall–Kier alpha value is -2.73. The van der Waals surface area contributed by atoms with Crippen molar-refractivity contribution in [3.05, 3.63) is 60.2 Å². The Labute approximate surface area is 156 Å². The number of nitrogens with one attached hydrogen (secondary N) is 2. The van der Waals surface area contributed by atoms with Crippen LogP contribution in [0.2, 0.25) is 0 Å². The molecule has 4 rings (SSSR count). The lowest BCUT2D eigenvalue weighted by molar-refractivity contribution is -0.122. The molecule has 0 spiro atoms. The third-order valence-corrected chi connectivity index (χ3v) is 5.25. The van der Waals surface area contributed by atoms with E-state index < -0.39 is 0 Å². The Kier molecular flexibility index (Phi) is 4.93. The maximum atomic E-state index is 12.1. The van der Waals surface area contributed by atoms with Gasteiger partial charge in [-0.15, -0.1) is 0 Å². The van der Waals surface area contributed by atoms with E-state index in [2.05, 4.69) is 20.0 Å². The van der Waals surface area contributed by atoms with Crippen LogP contribution in [0.25, 0.3) is 11.4 Å². The van der Waals surface area contributed by atoms with Crippen LogP contribution in [0.3, 0.4) is 0 Å². The molecule has 6 heteroatoms. The van der Waals surface area contributed by atoms with Crippen LogP contribution < -0.4 is 10.6 Å². The van der Waals surface area contributed by atoms with Gasteiger partial charge in [-0.3, -0.25) is 4.79 Å². The molecule has 5 nitrogen and oxygen atoms in total. The molecule has 1 aliphatic rings. The molecule has 2 aromatic carbocycles. The molecule has 1 saturated carbocycles. The molecule has 1 aromatic heterocycles. The van der Waals surface area contributed by atoms with E-state index in [4.69, 9.17) is 0 Å². The Morgan fingerprint density at radius 1 is 1.12 bits per heavy atom. The Bertz CT molecular complexity index is 890. The van der Waals surface area contributed by atoms with Gasteiger partial charge in [0.2, 0.25) is 11.0 Å². The topological polar surface area (TPSA) is 66.9 Å². The van der Waals surface area contributed by atoms with Gasteiger partial charge in [0.15, 0.2) is 5.82 Å². The molecule has 3 aromatic rings. The Morgan fingerprint density at radius 2 is 1.96 bits per heavy atom. The fourth-order valence-electron chi connectivity index (χ4n) is 2.85. The molecule has 0 aliphatic heterocycles. The van der Waals surface area contributed by atoms with Gasteiger partial charge in [-0.1, -0.05) is 48.9 Å². The number of aromatic nitrogens is 2. The third kappa shape index (κ3) is 3.91. The van der Waals surface area contributed by atoms with Crippen molar-refractivity contribution in [2.45, 2.75) is 25.8 Å². The normalized spacial score (nSPS) is 13.8. The van der Waals surface area contributed by atoms with Gasteiger partial charge in [0.25, 0.3) is 0 Å². The summed E-state index contributed by atoms with van der Waals surface area (Å²) in [7, 11) is 0. The summed E-state index contributed by atoms with van der Waals surface area (Å²) in [4.78, 5) is 16.6. The number of amides is 1. The summed E-state index contributed by atoms with van der Waals surface area (Å²) in [5, 5.41) is 7.11. The minimum Gasteiger partial charge on any atom is -0.356 e. The van der Waals surface area contributed by atoms with E-state index in [1.807, 2.05) is 54.6 Å². The Morgan fingerprint density at radius 3 is 2.73 bits per heavy atom. The molecular formula is C20H20N4OS. The first-order valence-corrected chi connectivity index (χ1v) is 9.58. The highest BCUT2D eigenvalue weighted by Gasteiger charge is 2.25. The number of rotatable bonds is 6. The standard InChI is InChI=1S/C20H20N4OS/c25-19(16-9-5-10-16)22-17-11-4-6-14(12-17)13-21-20-23-18(24-26-20)15-7-2-1-3-8-15/h1-4,6-8,11-12,16H,5,9-10,13H2,(H,22,25)(H,21,23,24). The van der Waals surface area contributed by atoms with Crippen LogP contribution in [0.4, 0.5) is 10.8 Å². The zero-order valence-corrected chi connectivity index (χ0v) is 15.1. The van der Waals surface area contributed by atoms with Gasteiger partial charge in [0.1, 0.15) is 0 Å². The van der Waals surface area contributed by atoms with E-state index in [1.54, 1.807) is 0 Å². The summed E-state index contributed by atoms with van der Waals surface area (Å²) in [6, 6.07) is 17.9. The molecule has 1 aliphatic carbocycles. The predicted molar refractivity (Wildman–Crippen MR) is 105 cm³/mol. The van der Waals surface area contributed by atoms with E-state index in [-0.39, 0.29) is 11.8 Å². The highest BCUT2D eigenvalue weighted by molar-refractivity contribution is 7.09. The quantitative estimate of drug-likeness (QED) is 0.673. The third-order valence-electron chi connectivity index (χ3n) is 4.57. The zero-order valence-electron chi connectivity index (χ0n) is 14.3. The van der Waals surface area contributed by atoms with Crippen LogP contribution in [0.5, 0.6) is 0 Å². The van der Waals surface area contributed by atoms with Gasteiger partial charge >= 0.3 is 0 Å². The first-order chi connectivity index (χ1) is 12.8. The van der Waals surface area contributed by atoms with E-state index in [1.165, 1.54) is 11.5 Å². The first kappa shape index (κ1) is 16.7. The van der Waals surface area contributed by atoms with Crippen molar-refractivity contribution in [2.24, 2.45) is 5.92 Å². The Balaban J connectivity index is 1.37. The molecular weight excluding hydrogens is 344 g/mol. The molecule has 0 unspecified atom stereocenters. The SMILES string of the molecule is O=C(Nc1cccc(CNc2nc(-c3ccccc3)ns2)c1)C1CCC1. The molecule has 26 heavy (non-hydrogen) atoms. The molecule has 0 bridgehead atoms. The van der Waals surface area contributed by atoms with Gasteiger partial charge in [0, 0.05) is 35.2 Å². The molecule has 132 valence electrons. The maximum Gasteiger partial charge on any atom is 0.227 e. The van der Waals surface area contributed by atoms with Gasteiger partial charge in [-0.2, -0.15) is 9.36 Å². The van der Waals surface area contributed by atoms with Crippen LogP contribution in [-0.2, 0) is 11.3 Å². The van der Waals surface area contributed by atoms with Crippen molar-refractivity contribution in [3.63, 3.8) is 0 Å². The molecule has 1 amide bonds. The highest BCUT2D eigenvalue weighted by Crippen LogP contribution is 2.28. The second kappa shape index (κ2) is 7.66. The molecule has 1 heterocycles. The van der Waals surface area contributed by atoms with Gasteiger partial charge in [-0.25, -0.2) is 0 Å². The molecule has 0 atom stereocenters. The lowest BCUT2D eigenvalue weighted by Crippen LogP contribution is -2.28. The minimum absolute atomic E-state index is 0.137. The summed E-state index contributed by atoms with van der Waals surface area (Å²) < 4.78 is 4.40. The summed E-state index contributed by atoms with van der Waals surface area (Å²) in [6.07, 6.45) is 3.18. The van der Waals surface area contributed by atoms with Crippen molar-refractivity contribution in [2.75, 3.05) is 10.6 Å². The molecule has 0 saturated heterocycles. The van der Waals surface area contributed by atoms with Crippen LogP contribution in [-0.4, -0.2) is 15.3 Å². The average molecular weight is 364 g/mol. The average Bonchev–Trinajstić information content (AvgIpc) is 3.08. The van der Waals surface area contributed by atoms with Crippen LogP contribution in [0.15, 0.2) is 54.6 Å². The van der Waals surface area contributed by atoms with Crippen LogP contribution in [0, 0.1) is 5.92 Å². The number of nitrogens with zero attached hydrogens (tertiary/aromatic N) is 2. The number of hydrogen-bond donors (Lipinski definition) is 2. The molecule has 1 fully saturated rings. The van der Waals surface area contributed by atoms with Crippen molar-refractivity contribution >= 4 is 28.3 Å². The van der Waals surface area contributed by atoms with Crippen molar-refractivity contribution in [1.82, 2.24) is 9.36 Å². The number of carbonyl (C=O) groups is 1. The van der Waals surface area contributed by atoms with Crippen LogP contribution >= 0.6 is 11.5 Å². The number of hydrogen-bond acceptors (Lipinski definition) is 5. The fraction of sp³-hybridized carbons (Fsp3) is 0.250. The lowest BCUT2D eigenvalue weighted by atomic mass is 9.85. The van der Waals surface area contributed by atoms with Crippen molar-refractivity contribution in [3.8, 4) is 11.4 Å². The van der Waals surface area contributed by atoms with E-state index in [0.29, 0.717) is 6.54 Å². The summed E-state index contributed by atoms with van der Waals surface area (Å²) >= 11 is 1.35. The number of benzene rings is 2. The summed E-state index contributed by atoms with van der Waals surface area (Å²) in [5.41, 5.74) is 2.95. The molecule has 2 N–H and O–H groups in total. The van der Waals surface area contributed by atoms with Gasteiger partial charge in [0.05, 0.1) is 0 Å². The highest BCUT2D eigenvalue weighted by atomic mass is 32.1. The second-order valence-corrected chi connectivity index (χ2v) is 7.21. The first-order valence-electron chi connectivity index (χ1n) is 8.81. The zero-order chi connectivity index (χ0) is 17.8. The largest absolute Gasteiger partial charge is 0.356 e. The van der Waals surface area contributed by atoms with E-state index in [0.717, 1.165) is 47.0 Å². The van der Waals surface area contributed by atoms with Crippen molar-refractivity contribution < 1.29 is 4.79 Å². The molecule has 0 radical (unpaired) electrons. The van der Waals surface area contributed by atoms with Crippen molar-refractivity contribution in [1.29, 1.82) is 0 Å². The number of carbonyl (C=O) groups excluding carboxylic acids is 1. The van der Waals surface area contributed by atoms with E-state index >= 15 is 0 Å². The minimum atomic E-state index is 0.137. The van der Waals surface area contributed by atoms with Gasteiger partial charge in [-0.05, 0) is 30.5 Å². The summed E-state index contributed by atoms with van der Waals surface area (Å²) in [6.45, 7) is 0.635. The second-order valence-electron chi connectivity index (χ2n) is 6.46. The number of anilines is 2. The fourth-order valence-corrected chi connectivity index (χ4v) is 3.43.